The summed E-state index contributed by atoms with van der Waals surface area (Å²) in [6.07, 6.45) is 3.73. The monoisotopic (exact) mass is 359 g/mol. The molecule has 1 aliphatic rings. The molecule has 3 heterocycles. The Labute approximate surface area is 154 Å². The highest BCUT2D eigenvalue weighted by molar-refractivity contribution is 5.91. The third-order valence-electron chi connectivity index (χ3n) is 4.77. The van der Waals surface area contributed by atoms with E-state index in [1.54, 1.807) is 10.9 Å². The fraction of sp³-hybridized carbons (Fsp3) is 0.611. The molecule has 142 valence electrons. The number of aryl methyl sites for hydroxylation is 2. The first-order valence-corrected chi connectivity index (χ1v) is 9.02. The van der Waals surface area contributed by atoms with Crippen molar-refractivity contribution in [1.82, 2.24) is 29.5 Å². The maximum Gasteiger partial charge on any atom is 0.239 e. The lowest BCUT2D eigenvalue weighted by Gasteiger charge is -2.35. The minimum Gasteiger partial charge on any atom is -0.337 e. The number of anilines is 1. The van der Waals surface area contributed by atoms with Crippen LogP contribution in [-0.4, -0.2) is 56.3 Å². The molecule has 1 fully saturated rings. The van der Waals surface area contributed by atoms with Gasteiger partial charge in [-0.1, -0.05) is 20.8 Å². The lowest BCUT2D eigenvalue weighted by molar-refractivity contribution is -0.118. The SMILES string of the molecule is Cn1ccnc1C1CNCCN1CC(=O)Nc1cc(C(C)(C)C)nn1C. The normalized spacial score (nSPS) is 18.9. The van der Waals surface area contributed by atoms with Crippen molar-refractivity contribution in [3.8, 4) is 0 Å². The minimum atomic E-state index is -0.0530. The Bertz CT molecular complexity index is 771. The van der Waals surface area contributed by atoms with Gasteiger partial charge in [-0.05, 0) is 0 Å². The van der Waals surface area contributed by atoms with Gasteiger partial charge in [0, 0.05) is 57.6 Å². The summed E-state index contributed by atoms with van der Waals surface area (Å²) < 4.78 is 3.74. The number of carbonyl (C=O) groups excluding carboxylic acids is 1. The lowest BCUT2D eigenvalue weighted by Crippen LogP contribution is -2.49. The second kappa shape index (κ2) is 7.20. The molecule has 0 aliphatic carbocycles. The average molecular weight is 359 g/mol. The predicted molar refractivity (Wildman–Crippen MR) is 101 cm³/mol. The highest BCUT2D eigenvalue weighted by Gasteiger charge is 2.28. The standard InChI is InChI=1S/C18H29N7O/c1-18(2,3)14-10-15(24(5)22-14)21-16(26)12-25-9-6-19-11-13(25)17-20-7-8-23(17)4/h7-8,10,13,19H,6,9,11-12H2,1-5H3,(H,21,26). The molecule has 1 unspecified atom stereocenters. The molecule has 1 atom stereocenters. The van der Waals surface area contributed by atoms with E-state index < -0.39 is 0 Å². The molecule has 1 amide bonds. The average Bonchev–Trinajstić information content (AvgIpc) is 3.14. The van der Waals surface area contributed by atoms with Crippen molar-refractivity contribution in [2.75, 3.05) is 31.5 Å². The van der Waals surface area contributed by atoms with E-state index in [0.29, 0.717) is 6.54 Å². The zero-order chi connectivity index (χ0) is 18.9. The Kier molecular flexibility index (Phi) is 5.15. The van der Waals surface area contributed by atoms with Crippen LogP contribution >= 0.6 is 0 Å². The topological polar surface area (TPSA) is 80.0 Å². The van der Waals surface area contributed by atoms with Gasteiger partial charge in [-0.15, -0.1) is 0 Å². The van der Waals surface area contributed by atoms with Crippen LogP contribution in [-0.2, 0) is 24.3 Å². The van der Waals surface area contributed by atoms with E-state index >= 15 is 0 Å². The number of hydrogen-bond donors (Lipinski definition) is 2. The molecule has 8 heteroatoms. The second-order valence-corrected chi connectivity index (χ2v) is 7.92. The van der Waals surface area contributed by atoms with E-state index in [-0.39, 0.29) is 17.4 Å². The van der Waals surface area contributed by atoms with Crippen LogP contribution in [0.5, 0.6) is 0 Å². The number of piperazine rings is 1. The summed E-state index contributed by atoms with van der Waals surface area (Å²) in [5, 5.41) is 10.9. The summed E-state index contributed by atoms with van der Waals surface area (Å²) in [4.78, 5) is 19.3. The lowest BCUT2D eigenvalue weighted by atomic mass is 9.92. The maximum atomic E-state index is 12.7. The summed E-state index contributed by atoms with van der Waals surface area (Å²) in [5.41, 5.74) is 0.908. The number of rotatable bonds is 4. The number of imidazole rings is 1. The van der Waals surface area contributed by atoms with Crippen LogP contribution in [0.2, 0.25) is 0 Å². The summed E-state index contributed by atoms with van der Waals surface area (Å²) >= 11 is 0. The van der Waals surface area contributed by atoms with Crippen LogP contribution in [0, 0.1) is 0 Å². The molecule has 1 saturated heterocycles. The fourth-order valence-electron chi connectivity index (χ4n) is 3.21. The van der Waals surface area contributed by atoms with E-state index in [2.05, 4.69) is 46.4 Å². The molecule has 2 N–H and O–H groups in total. The van der Waals surface area contributed by atoms with Gasteiger partial charge in [0.1, 0.15) is 11.6 Å². The fourth-order valence-corrected chi connectivity index (χ4v) is 3.21. The molecule has 3 rings (SSSR count). The molecular weight excluding hydrogens is 330 g/mol. The van der Waals surface area contributed by atoms with Crippen LogP contribution < -0.4 is 10.6 Å². The molecule has 2 aromatic heterocycles. The molecule has 0 saturated carbocycles. The van der Waals surface area contributed by atoms with Crippen molar-refractivity contribution in [2.45, 2.75) is 32.2 Å². The van der Waals surface area contributed by atoms with Gasteiger partial charge in [-0.2, -0.15) is 5.10 Å². The van der Waals surface area contributed by atoms with Gasteiger partial charge in [0.05, 0.1) is 18.3 Å². The zero-order valence-corrected chi connectivity index (χ0v) is 16.3. The first-order valence-electron chi connectivity index (χ1n) is 9.02. The van der Waals surface area contributed by atoms with Gasteiger partial charge in [-0.3, -0.25) is 14.4 Å². The summed E-state index contributed by atoms with van der Waals surface area (Å²) in [6, 6.07) is 2.04. The number of nitrogens with zero attached hydrogens (tertiary/aromatic N) is 5. The number of carbonyl (C=O) groups is 1. The van der Waals surface area contributed by atoms with Crippen LogP contribution in [0.15, 0.2) is 18.5 Å². The van der Waals surface area contributed by atoms with E-state index in [0.717, 1.165) is 37.0 Å². The van der Waals surface area contributed by atoms with Gasteiger partial charge < -0.3 is 15.2 Å². The quantitative estimate of drug-likeness (QED) is 0.853. The van der Waals surface area contributed by atoms with E-state index in [1.807, 2.05) is 30.9 Å². The number of hydrogen-bond acceptors (Lipinski definition) is 5. The Balaban J connectivity index is 1.69. The van der Waals surface area contributed by atoms with E-state index in [1.165, 1.54) is 0 Å². The first-order chi connectivity index (χ1) is 12.3. The van der Waals surface area contributed by atoms with Crippen molar-refractivity contribution < 1.29 is 4.79 Å². The molecule has 8 nitrogen and oxygen atoms in total. The van der Waals surface area contributed by atoms with Gasteiger partial charge >= 0.3 is 0 Å². The maximum absolute atomic E-state index is 12.7. The molecule has 1 aliphatic heterocycles. The van der Waals surface area contributed by atoms with Crippen LogP contribution in [0.1, 0.15) is 38.3 Å². The molecule has 0 bridgehead atoms. The van der Waals surface area contributed by atoms with Crippen molar-refractivity contribution >= 4 is 11.7 Å². The van der Waals surface area contributed by atoms with Gasteiger partial charge in [0.15, 0.2) is 0 Å². The van der Waals surface area contributed by atoms with E-state index in [4.69, 9.17) is 0 Å². The third kappa shape index (κ3) is 3.96. The Morgan fingerprint density at radius 1 is 1.38 bits per heavy atom. The minimum absolute atomic E-state index is 0.0328. The van der Waals surface area contributed by atoms with Gasteiger partial charge in [0.2, 0.25) is 5.91 Å². The Morgan fingerprint density at radius 3 is 2.77 bits per heavy atom. The van der Waals surface area contributed by atoms with Crippen LogP contribution in [0.4, 0.5) is 5.82 Å². The first kappa shape index (κ1) is 18.6. The number of nitrogens with one attached hydrogen (secondary N) is 2. The molecular formula is C18H29N7O. The van der Waals surface area contributed by atoms with Crippen LogP contribution in [0.3, 0.4) is 0 Å². The molecule has 2 aromatic rings. The Morgan fingerprint density at radius 2 is 2.15 bits per heavy atom. The van der Waals surface area contributed by atoms with Gasteiger partial charge in [0.25, 0.3) is 0 Å². The molecule has 0 spiro atoms. The Hall–Kier alpha value is -2.19. The summed E-state index contributed by atoms with van der Waals surface area (Å²) in [5.74, 6) is 1.67. The largest absolute Gasteiger partial charge is 0.337 e. The predicted octanol–water partition coefficient (Wildman–Crippen LogP) is 1.04. The van der Waals surface area contributed by atoms with Crippen molar-refractivity contribution in [3.63, 3.8) is 0 Å². The van der Waals surface area contributed by atoms with Crippen LogP contribution in [0.25, 0.3) is 0 Å². The number of amides is 1. The summed E-state index contributed by atoms with van der Waals surface area (Å²) in [7, 11) is 3.84. The summed E-state index contributed by atoms with van der Waals surface area (Å²) in [6.45, 7) is 9.13. The highest BCUT2D eigenvalue weighted by atomic mass is 16.2. The molecule has 0 aromatic carbocycles. The van der Waals surface area contributed by atoms with Crippen molar-refractivity contribution in [1.29, 1.82) is 0 Å². The van der Waals surface area contributed by atoms with Crippen molar-refractivity contribution in [3.05, 3.63) is 30.0 Å². The second-order valence-electron chi connectivity index (χ2n) is 7.92. The smallest absolute Gasteiger partial charge is 0.239 e. The number of aromatic nitrogens is 4. The molecule has 26 heavy (non-hydrogen) atoms. The van der Waals surface area contributed by atoms with E-state index in [9.17, 15) is 4.79 Å². The highest BCUT2D eigenvalue weighted by Crippen LogP contribution is 2.24. The zero-order valence-electron chi connectivity index (χ0n) is 16.3. The van der Waals surface area contributed by atoms with Crippen molar-refractivity contribution in [2.24, 2.45) is 14.1 Å². The van der Waals surface area contributed by atoms with Gasteiger partial charge in [-0.25, -0.2) is 4.98 Å². The molecule has 0 radical (unpaired) electrons. The third-order valence-corrected chi connectivity index (χ3v) is 4.77.